The van der Waals surface area contributed by atoms with Gasteiger partial charge < -0.3 is 15.8 Å². The van der Waals surface area contributed by atoms with Gasteiger partial charge in [-0.25, -0.2) is 9.78 Å². The van der Waals surface area contributed by atoms with Crippen LogP contribution in [0.2, 0.25) is 0 Å². The molecule has 88 valence electrons. The van der Waals surface area contributed by atoms with Gasteiger partial charge in [0.2, 0.25) is 11.7 Å². The lowest BCUT2D eigenvalue weighted by Crippen LogP contribution is -2.14. The Kier molecular flexibility index (Phi) is 2.55. The van der Waals surface area contributed by atoms with Crippen LogP contribution in [-0.2, 0) is 11.2 Å². The number of nitrogens with one attached hydrogen (secondary N) is 1. The number of hydrogen-bond acceptors (Lipinski definition) is 3. The van der Waals surface area contributed by atoms with E-state index in [1.54, 1.807) is 12.1 Å². The number of imidazole rings is 1. The first kappa shape index (κ1) is 11.1. The van der Waals surface area contributed by atoms with Gasteiger partial charge in [-0.1, -0.05) is 6.07 Å². The summed E-state index contributed by atoms with van der Waals surface area (Å²) in [4.78, 5) is 28.4. The monoisotopic (exact) mass is 233 g/mol. The van der Waals surface area contributed by atoms with Gasteiger partial charge in [-0.15, -0.1) is 0 Å². The number of hydrogen-bond donors (Lipinski definition) is 3. The Hall–Kier alpha value is -2.37. The number of primary amides is 1. The van der Waals surface area contributed by atoms with E-state index in [1.807, 2.05) is 6.92 Å². The van der Waals surface area contributed by atoms with E-state index < -0.39 is 11.9 Å². The normalized spacial score (nSPS) is 10.6. The molecule has 0 fully saturated rings. The molecular formula is C11H11N3O3. The van der Waals surface area contributed by atoms with Crippen LogP contribution in [-0.4, -0.2) is 27.0 Å². The molecule has 0 saturated carbocycles. The maximum Gasteiger partial charge on any atom is 0.371 e. The average molecular weight is 233 g/mol. The molecule has 17 heavy (non-hydrogen) atoms. The fourth-order valence-electron chi connectivity index (χ4n) is 1.73. The minimum absolute atomic E-state index is 0.0487. The Morgan fingerprint density at radius 3 is 2.76 bits per heavy atom. The first-order valence-electron chi connectivity index (χ1n) is 4.99. The number of carboxylic acids is 1. The first-order chi connectivity index (χ1) is 7.99. The third-order valence-corrected chi connectivity index (χ3v) is 2.55. The number of aryl methyl sites for hydroxylation is 1. The van der Waals surface area contributed by atoms with Crippen LogP contribution in [0.1, 0.15) is 21.7 Å². The van der Waals surface area contributed by atoms with E-state index in [1.165, 1.54) is 0 Å². The molecule has 0 aliphatic heterocycles. The Morgan fingerprint density at radius 1 is 1.47 bits per heavy atom. The molecule has 2 aromatic rings. The Labute approximate surface area is 96.5 Å². The zero-order valence-corrected chi connectivity index (χ0v) is 9.15. The Bertz CT molecular complexity index is 616. The number of nitrogens with zero attached hydrogens (tertiary/aromatic N) is 1. The van der Waals surface area contributed by atoms with Crippen molar-refractivity contribution in [1.82, 2.24) is 9.97 Å². The summed E-state index contributed by atoms with van der Waals surface area (Å²) in [5.74, 6) is -1.75. The molecule has 0 aliphatic carbocycles. The minimum Gasteiger partial charge on any atom is -0.475 e. The summed E-state index contributed by atoms with van der Waals surface area (Å²) in [6.07, 6.45) is 0.0487. The van der Waals surface area contributed by atoms with E-state index in [-0.39, 0.29) is 12.2 Å². The molecule has 1 aromatic carbocycles. The van der Waals surface area contributed by atoms with E-state index in [0.717, 1.165) is 5.56 Å². The average Bonchev–Trinajstić information content (AvgIpc) is 2.66. The third-order valence-electron chi connectivity index (χ3n) is 2.55. The molecular weight excluding hydrogens is 222 g/mol. The quantitative estimate of drug-likeness (QED) is 0.720. The van der Waals surface area contributed by atoms with Crippen LogP contribution in [0.5, 0.6) is 0 Å². The smallest absolute Gasteiger partial charge is 0.371 e. The van der Waals surface area contributed by atoms with Gasteiger partial charge in [0.1, 0.15) is 0 Å². The summed E-state index contributed by atoms with van der Waals surface area (Å²) in [7, 11) is 0. The fraction of sp³-hybridized carbons (Fsp3) is 0.182. The number of aromatic carboxylic acids is 1. The second kappa shape index (κ2) is 3.89. The highest BCUT2D eigenvalue weighted by Gasteiger charge is 2.14. The predicted octanol–water partition coefficient (Wildman–Crippen LogP) is 0.597. The van der Waals surface area contributed by atoms with Gasteiger partial charge in [0.25, 0.3) is 0 Å². The number of benzene rings is 1. The van der Waals surface area contributed by atoms with Crippen molar-refractivity contribution in [2.24, 2.45) is 5.73 Å². The zero-order chi connectivity index (χ0) is 12.6. The van der Waals surface area contributed by atoms with E-state index in [0.29, 0.717) is 16.6 Å². The van der Waals surface area contributed by atoms with Crippen molar-refractivity contribution >= 4 is 22.9 Å². The number of H-pyrrole nitrogens is 1. The van der Waals surface area contributed by atoms with E-state index >= 15 is 0 Å². The number of carbonyl (C=O) groups is 2. The van der Waals surface area contributed by atoms with Crippen molar-refractivity contribution in [1.29, 1.82) is 0 Å². The van der Waals surface area contributed by atoms with Gasteiger partial charge in [0.05, 0.1) is 17.5 Å². The van der Waals surface area contributed by atoms with Crippen LogP contribution in [0.25, 0.3) is 11.0 Å². The van der Waals surface area contributed by atoms with Gasteiger partial charge in [-0.3, -0.25) is 4.79 Å². The lowest BCUT2D eigenvalue weighted by atomic mass is 10.0. The van der Waals surface area contributed by atoms with E-state index in [2.05, 4.69) is 9.97 Å². The van der Waals surface area contributed by atoms with E-state index in [9.17, 15) is 9.59 Å². The minimum atomic E-state index is -1.14. The summed E-state index contributed by atoms with van der Waals surface area (Å²) in [5.41, 5.74) is 7.76. The molecule has 0 radical (unpaired) electrons. The molecule has 0 unspecified atom stereocenters. The second-order valence-electron chi connectivity index (χ2n) is 3.79. The Balaban J connectivity index is 2.66. The molecule has 0 aliphatic rings. The van der Waals surface area contributed by atoms with Gasteiger partial charge in [-0.05, 0) is 24.1 Å². The number of fused-ring (bicyclic) bond motifs is 1. The number of nitrogens with two attached hydrogens (primary N) is 1. The van der Waals surface area contributed by atoms with Crippen LogP contribution in [0, 0.1) is 6.92 Å². The predicted molar refractivity (Wildman–Crippen MR) is 60.7 cm³/mol. The highest BCUT2D eigenvalue weighted by atomic mass is 16.4. The Morgan fingerprint density at radius 2 is 2.18 bits per heavy atom. The van der Waals surface area contributed by atoms with Gasteiger partial charge in [0, 0.05) is 0 Å². The fourth-order valence-corrected chi connectivity index (χ4v) is 1.73. The summed E-state index contributed by atoms with van der Waals surface area (Å²) < 4.78 is 0. The molecule has 1 amide bonds. The van der Waals surface area contributed by atoms with Crippen molar-refractivity contribution in [3.8, 4) is 0 Å². The number of aromatic nitrogens is 2. The molecule has 0 bridgehead atoms. The second-order valence-corrected chi connectivity index (χ2v) is 3.79. The number of aromatic amines is 1. The van der Waals surface area contributed by atoms with Gasteiger partial charge in [0.15, 0.2) is 0 Å². The number of rotatable bonds is 3. The molecule has 1 aromatic heterocycles. The van der Waals surface area contributed by atoms with E-state index in [4.69, 9.17) is 10.8 Å². The summed E-state index contributed by atoms with van der Waals surface area (Å²) in [6.45, 7) is 1.83. The van der Waals surface area contributed by atoms with Crippen LogP contribution in [0.4, 0.5) is 0 Å². The van der Waals surface area contributed by atoms with Crippen molar-refractivity contribution in [2.75, 3.05) is 0 Å². The molecule has 0 spiro atoms. The molecule has 2 rings (SSSR count). The largest absolute Gasteiger partial charge is 0.475 e. The molecule has 6 heteroatoms. The lowest BCUT2D eigenvalue weighted by Gasteiger charge is -2.03. The van der Waals surface area contributed by atoms with Crippen LogP contribution in [0.15, 0.2) is 12.1 Å². The topological polar surface area (TPSA) is 109 Å². The van der Waals surface area contributed by atoms with Crippen LogP contribution >= 0.6 is 0 Å². The highest BCUT2D eigenvalue weighted by Crippen LogP contribution is 2.20. The third kappa shape index (κ3) is 1.96. The molecule has 1 heterocycles. The maximum absolute atomic E-state index is 11.0. The van der Waals surface area contributed by atoms with Crippen molar-refractivity contribution in [3.05, 3.63) is 29.1 Å². The first-order valence-corrected chi connectivity index (χ1v) is 4.99. The zero-order valence-electron chi connectivity index (χ0n) is 9.15. The lowest BCUT2D eigenvalue weighted by molar-refractivity contribution is -0.117. The standard InChI is InChI=1S/C11H11N3O3/c1-5-2-3-7-9(6(5)4-8(12)15)14-10(13-7)11(16)17/h2-3H,4H2,1H3,(H2,12,15)(H,13,14)(H,16,17). The summed E-state index contributed by atoms with van der Waals surface area (Å²) >= 11 is 0. The van der Waals surface area contributed by atoms with Crippen LogP contribution in [0.3, 0.4) is 0 Å². The van der Waals surface area contributed by atoms with Crippen molar-refractivity contribution in [3.63, 3.8) is 0 Å². The molecule has 0 saturated heterocycles. The summed E-state index contributed by atoms with van der Waals surface area (Å²) in [6, 6.07) is 3.53. The molecule has 0 atom stereocenters. The SMILES string of the molecule is Cc1ccc2[nH]c(C(=O)O)nc2c1CC(N)=O. The highest BCUT2D eigenvalue weighted by molar-refractivity contribution is 5.92. The maximum atomic E-state index is 11.0. The molecule has 4 N–H and O–H groups in total. The summed E-state index contributed by atoms with van der Waals surface area (Å²) in [5, 5.41) is 8.84. The molecule has 6 nitrogen and oxygen atoms in total. The van der Waals surface area contributed by atoms with Crippen LogP contribution < -0.4 is 5.73 Å². The number of amides is 1. The van der Waals surface area contributed by atoms with Gasteiger partial charge >= 0.3 is 5.97 Å². The number of carboxylic acid groups (broad SMARTS) is 1. The van der Waals surface area contributed by atoms with Gasteiger partial charge in [-0.2, -0.15) is 0 Å². The number of carbonyl (C=O) groups excluding carboxylic acids is 1. The van der Waals surface area contributed by atoms with Crippen molar-refractivity contribution in [2.45, 2.75) is 13.3 Å². The van der Waals surface area contributed by atoms with Crippen molar-refractivity contribution < 1.29 is 14.7 Å².